The average molecular weight is 463 g/mol. The van der Waals surface area contributed by atoms with Crippen molar-refractivity contribution >= 4 is 28.1 Å². The number of nitrogens with zero attached hydrogens (tertiary/aromatic N) is 3. The highest BCUT2D eigenvalue weighted by Gasteiger charge is 2.41. The van der Waals surface area contributed by atoms with Crippen molar-refractivity contribution in [2.24, 2.45) is 7.05 Å². The molecule has 3 atom stereocenters. The summed E-state index contributed by atoms with van der Waals surface area (Å²) < 4.78 is 15.3. The van der Waals surface area contributed by atoms with Crippen LogP contribution in [-0.2, 0) is 19.0 Å². The Bertz CT molecular complexity index is 1430. The minimum Gasteiger partial charge on any atom is -0.357 e. The van der Waals surface area contributed by atoms with Crippen LogP contribution in [0.25, 0.3) is 16.5 Å². The van der Waals surface area contributed by atoms with Gasteiger partial charge in [-0.3, -0.25) is 10.00 Å². The molecule has 0 saturated heterocycles. The molecule has 0 bridgehead atoms. The SMILES string of the molecule is Cn1cc(C2N[C@@](C)(c3ncc(C4=CCC(F)C=C4)[nH]3)Cc3c2[nH]c2cc(Cl)ccc32)cn1. The highest BCUT2D eigenvalue weighted by atomic mass is 35.5. The summed E-state index contributed by atoms with van der Waals surface area (Å²) in [6.45, 7) is 2.17. The summed E-state index contributed by atoms with van der Waals surface area (Å²) in [5.41, 5.74) is 5.86. The quantitative estimate of drug-likeness (QED) is 0.396. The van der Waals surface area contributed by atoms with Crippen molar-refractivity contribution in [3.63, 3.8) is 0 Å². The molecule has 3 aromatic heterocycles. The molecule has 0 spiro atoms. The first-order valence-corrected chi connectivity index (χ1v) is 11.4. The first-order chi connectivity index (χ1) is 15.9. The van der Waals surface area contributed by atoms with Gasteiger partial charge < -0.3 is 9.97 Å². The van der Waals surface area contributed by atoms with E-state index in [1.807, 2.05) is 54.6 Å². The lowest BCUT2D eigenvalue weighted by Gasteiger charge is -2.38. The van der Waals surface area contributed by atoms with Gasteiger partial charge in [-0.05, 0) is 36.3 Å². The number of allylic oxidation sites excluding steroid dienone is 4. The lowest BCUT2D eigenvalue weighted by atomic mass is 9.82. The number of halogens is 2. The Kier molecular flexibility index (Phi) is 4.61. The molecule has 6 rings (SSSR count). The first-order valence-electron chi connectivity index (χ1n) is 11.0. The van der Waals surface area contributed by atoms with Gasteiger partial charge >= 0.3 is 0 Å². The number of H-pyrrole nitrogens is 2. The number of aromatic amines is 2. The Morgan fingerprint density at radius 1 is 1.24 bits per heavy atom. The normalized spacial score (nSPS) is 24.8. The van der Waals surface area contributed by atoms with Crippen molar-refractivity contribution in [2.75, 3.05) is 0 Å². The van der Waals surface area contributed by atoms with Crippen molar-refractivity contribution in [3.8, 4) is 0 Å². The number of aryl methyl sites for hydroxylation is 1. The van der Waals surface area contributed by atoms with Gasteiger partial charge in [-0.2, -0.15) is 5.10 Å². The zero-order chi connectivity index (χ0) is 22.7. The van der Waals surface area contributed by atoms with Crippen LogP contribution in [0.2, 0.25) is 5.02 Å². The molecule has 1 aliphatic carbocycles. The molecule has 6 nitrogen and oxygen atoms in total. The van der Waals surface area contributed by atoms with E-state index in [-0.39, 0.29) is 6.04 Å². The molecule has 4 heterocycles. The number of imidazole rings is 1. The van der Waals surface area contributed by atoms with Crippen molar-refractivity contribution < 1.29 is 4.39 Å². The number of alkyl halides is 1. The van der Waals surface area contributed by atoms with E-state index in [0.29, 0.717) is 11.4 Å². The van der Waals surface area contributed by atoms with Crippen LogP contribution in [-0.4, -0.2) is 30.9 Å². The van der Waals surface area contributed by atoms with Crippen LogP contribution in [0, 0.1) is 0 Å². The minimum atomic E-state index is -0.914. The molecule has 0 radical (unpaired) electrons. The molecule has 4 aromatic rings. The monoisotopic (exact) mass is 462 g/mol. The number of benzene rings is 1. The second-order valence-corrected chi connectivity index (χ2v) is 9.59. The zero-order valence-electron chi connectivity index (χ0n) is 18.4. The molecule has 33 heavy (non-hydrogen) atoms. The van der Waals surface area contributed by atoms with Gasteiger partial charge in [0.2, 0.25) is 0 Å². The molecule has 168 valence electrons. The molecule has 0 saturated carbocycles. The van der Waals surface area contributed by atoms with Gasteiger partial charge in [-0.15, -0.1) is 0 Å². The van der Waals surface area contributed by atoms with Crippen molar-refractivity contribution in [1.29, 1.82) is 0 Å². The summed E-state index contributed by atoms with van der Waals surface area (Å²) >= 11 is 6.28. The number of fused-ring (bicyclic) bond motifs is 3. The second kappa shape index (κ2) is 7.43. The minimum absolute atomic E-state index is 0.0896. The third kappa shape index (κ3) is 3.43. The molecule has 2 aliphatic rings. The average Bonchev–Trinajstić information content (AvgIpc) is 3.52. The van der Waals surface area contributed by atoms with Crippen LogP contribution < -0.4 is 5.32 Å². The first kappa shape index (κ1) is 20.4. The van der Waals surface area contributed by atoms with Gasteiger partial charge in [0.15, 0.2) is 0 Å². The van der Waals surface area contributed by atoms with Gasteiger partial charge in [0, 0.05) is 53.3 Å². The van der Waals surface area contributed by atoms with E-state index < -0.39 is 11.7 Å². The molecule has 8 heteroatoms. The summed E-state index contributed by atoms with van der Waals surface area (Å²) in [7, 11) is 1.92. The van der Waals surface area contributed by atoms with E-state index in [2.05, 4.69) is 33.4 Å². The Hall–Kier alpha value is -3.16. The van der Waals surface area contributed by atoms with E-state index in [9.17, 15) is 4.39 Å². The van der Waals surface area contributed by atoms with Crippen molar-refractivity contribution in [3.05, 3.63) is 88.4 Å². The van der Waals surface area contributed by atoms with Crippen LogP contribution in [0.3, 0.4) is 0 Å². The number of rotatable bonds is 3. The smallest absolute Gasteiger partial charge is 0.126 e. The molecule has 3 N–H and O–H groups in total. The fourth-order valence-electron chi connectivity index (χ4n) is 5.01. The molecular formula is C25H24ClFN6. The topological polar surface area (TPSA) is 74.3 Å². The van der Waals surface area contributed by atoms with E-state index in [1.165, 1.54) is 5.56 Å². The predicted octanol–water partition coefficient (Wildman–Crippen LogP) is 5.11. The second-order valence-electron chi connectivity index (χ2n) is 9.16. The van der Waals surface area contributed by atoms with Crippen LogP contribution in [0.4, 0.5) is 4.39 Å². The van der Waals surface area contributed by atoms with Gasteiger partial charge in [0.05, 0.1) is 29.7 Å². The lowest BCUT2D eigenvalue weighted by molar-refractivity contribution is 0.296. The Morgan fingerprint density at radius 2 is 2.12 bits per heavy atom. The van der Waals surface area contributed by atoms with Crippen molar-refractivity contribution in [1.82, 2.24) is 30.0 Å². The fourth-order valence-corrected chi connectivity index (χ4v) is 5.19. The Balaban J connectivity index is 1.45. The maximum atomic E-state index is 13.5. The zero-order valence-corrected chi connectivity index (χ0v) is 19.1. The molecule has 0 fully saturated rings. The van der Waals surface area contributed by atoms with Crippen molar-refractivity contribution in [2.45, 2.75) is 37.5 Å². The summed E-state index contributed by atoms with van der Waals surface area (Å²) in [4.78, 5) is 11.8. The number of nitrogens with one attached hydrogen (secondary N) is 3. The van der Waals surface area contributed by atoms with Crippen LogP contribution in [0.15, 0.2) is 55.0 Å². The highest BCUT2D eigenvalue weighted by Crippen LogP contribution is 2.42. The van der Waals surface area contributed by atoms with E-state index in [4.69, 9.17) is 16.6 Å². The standard InChI is InChI=1S/C25H24ClFN6/c1-25(24-28-12-21(31-24)14-3-6-17(27)7-4-14)10-19-18-8-5-16(26)9-20(18)30-23(19)22(32-25)15-11-29-33(2)13-15/h3-6,8-9,11-13,17,22,30,32H,7,10H2,1-2H3,(H,28,31)/t17?,22?,25-/m1/s1. The highest BCUT2D eigenvalue weighted by molar-refractivity contribution is 6.31. The van der Waals surface area contributed by atoms with Crippen LogP contribution in [0.5, 0.6) is 0 Å². The largest absolute Gasteiger partial charge is 0.357 e. The van der Waals surface area contributed by atoms with Gasteiger partial charge in [0.25, 0.3) is 0 Å². The molecule has 1 aromatic carbocycles. The van der Waals surface area contributed by atoms with E-state index >= 15 is 0 Å². The maximum Gasteiger partial charge on any atom is 0.126 e. The number of hydrogen-bond donors (Lipinski definition) is 3. The third-order valence-corrected chi connectivity index (χ3v) is 6.93. The maximum absolute atomic E-state index is 13.5. The number of aromatic nitrogens is 5. The Labute approximate surface area is 195 Å². The van der Waals surface area contributed by atoms with Gasteiger partial charge in [-0.1, -0.05) is 29.8 Å². The van der Waals surface area contributed by atoms with E-state index in [1.54, 1.807) is 6.08 Å². The summed E-state index contributed by atoms with van der Waals surface area (Å²) in [5.74, 6) is 0.844. The molecule has 0 amide bonds. The fraction of sp³-hybridized carbons (Fsp3) is 0.280. The van der Waals surface area contributed by atoms with Crippen LogP contribution in [0.1, 0.15) is 47.7 Å². The summed E-state index contributed by atoms with van der Waals surface area (Å²) in [6.07, 6.45) is 11.3. The van der Waals surface area contributed by atoms with E-state index in [0.717, 1.165) is 45.7 Å². The number of hydrogen-bond acceptors (Lipinski definition) is 3. The third-order valence-electron chi connectivity index (χ3n) is 6.70. The summed E-state index contributed by atoms with van der Waals surface area (Å²) in [6, 6.07) is 5.89. The van der Waals surface area contributed by atoms with Gasteiger partial charge in [-0.25, -0.2) is 9.37 Å². The van der Waals surface area contributed by atoms with Crippen LogP contribution >= 0.6 is 11.6 Å². The predicted molar refractivity (Wildman–Crippen MR) is 128 cm³/mol. The molecular weight excluding hydrogens is 439 g/mol. The molecule has 2 unspecified atom stereocenters. The molecule has 1 aliphatic heterocycles. The Morgan fingerprint density at radius 3 is 2.88 bits per heavy atom. The van der Waals surface area contributed by atoms with Gasteiger partial charge in [0.1, 0.15) is 12.0 Å². The summed E-state index contributed by atoms with van der Waals surface area (Å²) in [5, 5.41) is 10.1. The lowest BCUT2D eigenvalue weighted by Crippen LogP contribution is -2.48.